The van der Waals surface area contributed by atoms with Gasteiger partial charge >= 0.3 is 0 Å². The summed E-state index contributed by atoms with van der Waals surface area (Å²) in [5.41, 5.74) is 4.45. The van der Waals surface area contributed by atoms with Crippen LogP contribution in [-0.4, -0.2) is 13.3 Å². The van der Waals surface area contributed by atoms with Gasteiger partial charge in [0.15, 0.2) is 0 Å². The van der Waals surface area contributed by atoms with Crippen molar-refractivity contribution in [3.63, 3.8) is 0 Å². The standard InChI is InChI=1S/C15H19NO/c1-5-11(10-17)14-15(2,3)12-8-6-7-9-13(12)16(14)4/h6-10H,5H2,1-4H3. The minimum absolute atomic E-state index is 0.0857. The molecule has 17 heavy (non-hydrogen) atoms. The smallest absolute Gasteiger partial charge is 0.147 e. The Morgan fingerprint density at radius 1 is 1.35 bits per heavy atom. The Morgan fingerprint density at radius 2 is 2.00 bits per heavy atom. The maximum atomic E-state index is 11.2. The largest absolute Gasteiger partial charge is 0.347 e. The summed E-state index contributed by atoms with van der Waals surface area (Å²) in [7, 11) is 2.04. The summed E-state index contributed by atoms with van der Waals surface area (Å²) in [6.45, 7) is 6.40. The van der Waals surface area contributed by atoms with Gasteiger partial charge in [0.2, 0.25) is 0 Å². The van der Waals surface area contributed by atoms with Gasteiger partial charge in [0, 0.05) is 29.4 Å². The second kappa shape index (κ2) is 4.02. The number of hydrogen-bond acceptors (Lipinski definition) is 2. The van der Waals surface area contributed by atoms with Gasteiger partial charge in [-0.05, 0) is 18.1 Å². The number of likely N-dealkylation sites (N-methyl/N-ethyl adjacent to an activating group) is 1. The van der Waals surface area contributed by atoms with Gasteiger partial charge in [-0.3, -0.25) is 4.79 Å². The van der Waals surface area contributed by atoms with Crippen molar-refractivity contribution in [2.75, 3.05) is 11.9 Å². The van der Waals surface area contributed by atoms with Gasteiger partial charge in [-0.15, -0.1) is 0 Å². The van der Waals surface area contributed by atoms with Gasteiger partial charge in [0.05, 0.1) is 0 Å². The highest BCUT2D eigenvalue weighted by molar-refractivity contribution is 5.81. The summed E-state index contributed by atoms with van der Waals surface area (Å²) < 4.78 is 0. The van der Waals surface area contributed by atoms with Gasteiger partial charge in [-0.1, -0.05) is 39.0 Å². The molecule has 0 bridgehead atoms. The highest BCUT2D eigenvalue weighted by Gasteiger charge is 2.39. The van der Waals surface area contributed by atoms with Crippen molar-refractivity contribution in [1.82, 2.24) is 0 Å². The fourth-order valence-corrected chi connectivity index (χ4v) is 2.89. The third-order valence-electron chi connectivity index (χ3n) is 3.69. The maximum absolute atomic E-state index is 11.2. The number of rotatable bonds is 2. The molecule has 0 spiro atoms. The number of allylic oxidation sites excluding steroid dienone is 2. The first kappa shape index (κ1) is 11.9. The number of para-hydroxylation sites is 1. The molecule has 0 fully saturated rings. The molecule has 0 atom stereocenters. The molecular formula is C15H19NO. The number of fused-ring (bicyclic) bond motifs is 1. The highest BCUT2D eigenvalue weighted by Crippen LogP contribution is 2.47. The van der Waals surface area contributed by atoms with E-state index < -0.39 is 0 Å². The van der Waals surface area contributed by atoms with E-state index in [0.717, 1.165) is 24.0 Å². The van der Waals surface area contributed by atoms with Crippen molar-refractivity contribution >= 4 is 12.0 Å². The third-order valence-corrected chi connectivity index (χ3v) is 3.69. The highest BCUT2D eigenvalue weighted by atomic mass is 16.1. The normalized spacial score (nSPS) is 20.1. The second-order valence-electron chi connectivity index (χ2n) is 5.05. The molecule has 0 saturated carbocycles. The Bertz CT molecular complexity index is 485. The molecule has 1 aromatic carbocycles. The number of anilines is 1. The van der Waals surface area contributed by atoms with Crippen LogP contribution in [0.2, 0.25) is 0 Å². The van der Waals surface area contributed by atoms with E-state index in [1.54, 1.807) is 0 Å². The Balaban J connectivity index is 2.70. The van der Waals surface area contributed by atoms with E-state index in [1.165, 1.54) is 11.3 Å². The average Bonchev–Trinajstić information content (AvgIpc) is 2.53. The summed E-state index contributed by atoms with van der Waals surface area (Å²) in [5, 5.41) is 0. The summed E-state index contributed by atoms with van der Waals surface area (Å²) in [4.78, 5) is 13.4. The molecule has 1 aromatic rings. The fourth-order valence-electron chi connectivity index (χ4n) is 2.89. The van der Waals surface area contributed by atoms with E-state index in [9.17, 15) is 4.79 Å². The maximum Gasteiger partial charge on any atom is 0.147 e. The molecular weight excluding hydrogens is 210 g/mol. The van der Waals surface area contributed by atoms with Crippen LogP contribution < -0.4 is 4.90 Å². The zero-order chi connectivity index (χ0) is 12.6. The monoisotopic (exact) mass is 229 g/mol. The van der Waals surface area contributed by atoms with Gasteiger partial charge in [-0.2, -0.15) is 0 Å². The first-order chi connectivity index (χ1) is 8.04. The quantitative estimate of drug-likeness (QED) is 0.573. The molecule has 0 N–H and O–H groups in total. The van der Waals surface area contributed by atoms with E-state index in [4.69, 9.17) is 0 Å². The molecule has 90 valence electrons. The molecule has 0 unspecified atom stereocenters. The first-order valence-electron chi connectivity index (χ1n) is 6.06. The molecule has 2 nitrogen and oxygen atoms in total. The zero-order valence-electron chi connectivity index (χ0n) is 10.9. The van der Waals surface area contributed by atoms with Gasteiger partial charge in [0.25, 0.3) is 0 Å². The molecule has 0 saturated heterocycles. The minimum atomic E-state index is -0.0857. The van der Waals surface area contributed by atoms with Crippen molar-refractivity contribution in [2.45, 2.75) is 32.6 Å². The van der Waals surface area contributed by atoms with Crippen LogP contribution in [0.3, 0.4) is 0 Å². The van der Waals surface area contributed by atoms with Crippen LogP contribution in [0.15, 0.2) is 35.5 Å². The molecule has 1 aliphatic rings. The summed E-state index contributed by atoms with van der Waals surface area (Å²) in [5.74, 6) is 0. The van der Waals surface area contributed by atoms with Crippen LogP contribution in [0.5, 0.6) is 0 Å². The van der Waals surface area contributed by atoms with Crippen molar-refractivity contribution in [3.05, 3.63) is 41.1 Å². The Hall–Kier alpha value is -1.57. The average molecular weight is 229 g/mol. The molecule has 0 radical (unpaired) electrons. The third kappa shape index (κ3) is 1.59. The minimum Gasteiger partial charge on any atom is -0.347 e. The Labute approximate surface area is 103 Å². The second-order valence-corrected chi connectivity index (χ2v) is 5.05. The van der Waals surface area contributed by atoms with Gasteiger partial charge < -0.3 is 4.90 Å². The number of nitrogens with zero attached hydrogens (tertiary/aromatic N) is 1. The molecule has 0 amide bonds. The Kier molecular flexibility index (Phi) is 2.82. The zero-order valence-corrected chi connectivity index (χ0v) is 10.9. The molecule has 0 aliphatic carbocycles. The number of hydrogen-bond donors (Lipinski definition) is 0. The van der Waals surface area contributed by atoms with Crippen LogP contribution in [0.4, 0.5) is 5.69 Å². The van der Waals surface area contributed by atoms with Gasteiger partial charge in [0.1, 0.15) is 6.29 Å². The molecule has 2 heteroatoms. The van der Waals surface area contributed by atoms with E-state index in [2.05, 4.69) is 36.9 Å². The lowest BCUT2D eigenvalue weighted by Crippen LogP contribution is -2.25. The molecule has 1 aliphatic heterocycles. The predicted octanol–water partition coefficient (Wildman–Crippen LogP) is 3.28. The van der Waals surface area contributed by atoms with Crippen molar-refractivity contribution < 1.29 is 4.79 Å². The fraction of sp³-hybridized carbons (Fsp3) is 0.400. The van der Waals surface area contributed by atoms with Crippen LogP contribution >= 0.6 is 0 Å². The number of carbonyl (C=O) groups excluding carboxylic acids is 1. The molecule has 0 aromatic heterocycles. The van der Waals surface area contributed by atoms with Crippen molar-refractivity contribution in [1.29, 1.82) is 0 Å². The predicted molar refractivity (Wildman–Crippen MR) is 71.3 cm³/mol. The van der Waals surface area contributed by atoms with Crippen molar-refractivity contribution in [3.8, 4) is 0 Å². The van der Waals surface area contributed by atoms with Crippen LogP contribution in [0, 0.1) is 0 Å². The number of benzene rings is 1. The van der Waals surface area contributed by atoms with E-state index in [1.807, 2.05) is 20.0 Å². The Morgan fingerprint density at radius 3 is 2.53 bits per heavy atom. The SMILES string of the molecule is CCC(C=O)=C1N(C)c2ccccc2C1(C)C. The van der Waals surface area contributed by atoms with Crippen molar-refractivity contribution in [2.24, 2.45) is 0 Å². The van der Waals surface area contributed by atoms with Crippen LogP contribution in [0.25, 0.3) is 0 Å². The first-order valence-corrected chi connectivity index (χ1v) is 6.06. The van der Waals surface area contributed by atoms with Gasteiger partial charge in [-0.25, -0.2) is 0 Å². The lowest BCUT2D eigenvalue weighted by molar-refractivity contribution is -0.105. The van der Waals surface area contributed by atoms with E-state index >= 15 is 0 Å². The molecule has 1 heterocycles. The summed E-state index contributed by atoms with van der Waals surface area (Å²) in [6, 6.07) is 8.36. The lowest BCUT2D eigenvalue weighted by Gasteiger charge is -2.26. The van der Waals surface area contributed by atoms with Crippen LogP contribution in [0.1, 0.15) is 32.8 Å². The topological polar surface area (TPSA) is 20.3 Å². The van der Waals surface area contributed by atoms with E-state index in [0.29, 0.717) is 0 Å². The lowest BCUT2D eigenvalue weighted by atomic mass is 9.82. The number of aldehydes is 1. The summed E-state index contributed by atoms with van der Waals surface area (Å²) in [6.07, 6.45) is 1.78. The van der Waals surface area contributed by atoms with E-state index in [-0.39, 0.29) is 5.41 Å². The number of carbonyl (C=O) groups is 1. The summed E-state index contributed by atoms with van der Waals surface area (Å²) >= 11 is 0. The van der Waals surface area contributed by atoms with Crippen LogP contribution in [-0.2, 0) is 10.2 Å². The molecule has 2 rings (SSSR count).